The Morgan fingerprint density at radius 1 is 1.00 bits per heavy atom. The fraction of sp³-hybridized carbons (Fsp3) is 0.0500. The van der Waals surface area contributed by atoms with Gasteiger partial charge in [-0.25, -0.2) is 0 Å². The van der Waals surface area contributed by atoms with E-state index in [2.05, 4.69) is 5.32 Å². The van der Waals surface area contributed by atoms with Crippen LogP contribution in [0.5, 0.6) is 5.75 Å². The van der Waals surface area contributed by atoms with Crippen LogP contribution in [0.4, 0.5) is 5.69 Å². The van der Waals surface area contributed by atoms with Crippen LogP contribution in [0.3, 0.4) is 0 Å². The highest BCUT2D eigenvalue weighted by molar-refractivity contribution is 6.01. The summed E-state index contributed by atoms with van der Waals surface area (Å²) in [5.41, 5.74) is 1.70. The minimum absolute atomic E-state index is 0.224. The molecule has 3 aromatic rings. The van der Waals surface area contributed by atoms with E-state index in [1.54, 1.807) is 37.5 Å². The largest absolute Gasteiger partial charge is 0.497 e. The zero-order chi connectivity index (χ0) is 16.8. The lowest BCUT2D eigenvalue weighted by Crippen LogP contribution is -2.07. The number of rotatable bonds is 5. The maximum absolute atomic E-state index is 11.9. The lowest BCUT2D eigenvalue weighted by molar-refractivity contribution is -0.111. The summed E-state index contributed by atoms with van der Waals surface area (Å²) in [5, 5.41) is 2.78. The van der Waals surface area contributed by atoms with Gasteiger partial charge in [0.15, 0.2) is 0 Å². The molecule has 1 aromatic heterocycles. The molecule has 0 spiro atoms. The predicted molar refractivity (Wildman–Crippen MR) is 94.8 cm³/mol. The van der Waals surface area contributed by atoms with Crippen LogP contribution in [0.15, 0.2) is 77.2 Å². The first-order valence-electron chi connectivity index (χ1n) is 7.53. The summed E-state index contributed by atoms with van der Waals surface area (Å²) in [6.07, 6.45) is 3.09. The van der Waals surface area contributed by atoms with Crippen molar-refractivity contribution in [1.82, 2.24) is 0 Å². The fourth-order valence-electron chi connectivity index (χ4n) is 2.22. The number of carbonyl (C=O) groups excluding carboxylic acids is 1. The van der Waals surface area contributed by atoms with Crippen molar-refractivity contribution >= 4 is 17.7 Å². The van der Waals surface area contributed by atoms with Crippen molar-refractivity contribution in [3.8, 4) is 17.1 Å². The fourth-order valence-corrected chi connectivity index (χ4v) is 2.22. The molecule has 120 valence electrons. The van der Waals surface area contributed by atoms with Crippen LogP contribution in [0.1, 0.15) is 5.76 Å². The van der Waals surface area contributed by atoms with Crippen LogP contribution >= 0.6 is 0 Å². The van der Waals surface area contributed by atoms with Crippen molar-refractivity contribution < 1.29 is 13.9 Å². The first kappa shape index (κ1) is 15.6. The predicted octanol–water partition coefficient (Wildman–Crippen LogP) is 4.61. The van der Waals surface area contributed by atoms with Crippen molar-refractivity contribution in [1.29, 1.82) is 0 Å². The maximum Gasteiger partial charge on any atom is 0.248 e. The third kappa shape index (κ3) is 3.93. The van der Waals surface area contributed by atoms with Gasteiger partial charge in [-0.15, -0.1) is 0 Å². The van der Waals surface area contributed by atoms with Crippen LogP contribution in [-0.2, 0) is 4.79 Å². The van der Waals surface area contributed by atoms with E-state index in [0.29, 0.717) is 11.4 Å². The quantitative estimate of drug-likeness (QED) is 0.699. The van der Waals surface area contributed by atoms with Crippen molar-refractivity contribution in [2.45, 2.75) is 0 Å². The Morgan fingerprint density at radius 3 is 2.46 bits per heavy atom. The molecule has 0 aliphatic heterocycles. The van der Waals surface area contributed by atoms with Crippen molar-refractivity contribution in [2.75, 3.05) is 12.4 Å². The van der Waals surface area contributed by atoms with E-state index in [4.69, 9.17) is 9.15 Å². The van der Waals surface area contributed by atoms with E-state index in [9.17, 15) is 4.79 Å². The standard InChI is InChI=1S/C20H17NO3/c1-23-17-9-7-16(8-10-17)21-20(22)14-12-18-11-13-19(24-18)15-5-3-2-4-6-15/h2-14H,1H3,(H,21,22). The zero-order valence-electron chi connectivity index (χ0n) is 13.2. The van der Waals surface area contributed by atoms with Crippen LogP contribution < -0.4 is 10.1 Å². The Morgan fingerprint density at radius 2 is 1.75 bits per heavy atom. The molecule has 3 rings (SSSR count). The second-order valence-corrected chi connectivity index (χ2v) is 5.12. The van der Waals surface area contributed by atoms with Gasteiger partial charge in [0.2, 0.25) is 5.91 Å². The summed E-state index contributed by atoms with van der Waals surface area (Å²) < 4.78 is 10.8. The third-order valence-corrected chi connectivity index (χ3v) is 3.44. The number of hydrogen-bond acceptors (Lipinski definition) is 3. The summed E-state index contributed by atoms with van der Waals surface area (Å²) in [5.74, 6) is 1.91. The van der Waals surface area contributed by atoms with Gasteiger partial charge in [-0.3, -0.25) is 4.79 Å². The average molecular weight is 319 g/mol. The van der Waals surface area contributed by atoms with Gasteiger partial charge in [-0.1, -0.05) is 30.3 Å². The van der Waals surface area contributed by atoms with Crippen molar-refractivity contribution in [3.05, 3.63) is 78.6 Å². The molecule has 24 heavy (non-hydrogen) atoms. The number of benzene rings is 2. The molecule has 0 fully saturated rings. The van der Waals surface area contributed by atoms with E-state index in [-0.39, 0.29) is 5.91 Å². The minimum atomic E-state index is -0.224. The van der Waals surface area contributed by atoms with Crippen LogP contribution in [0, 0.1) is 0 Å². The maximum atomic E-state index is 11.9. The van der Waals surface area contributed by atoms with Gasteiger partial charge in [-0.2, -0.15) is 0 Å². The number of amides is 1. The number of furan rings is 1. The number of nitrogens with one attached hydrogen (secondary N) is 1. The zero-order valence-corrected chi connectivity index (χ0v) is 13.2. The molecule has 1 N–H and O–H groups in total. The smallest absolute Gasteiger partial charge is 0.248 e. The average Bonchev–Trinajstić information content (AvgIpc) is 3.10. The molecular weight excluding hydrogens is 302 g/mol. The Hall–Kier alpha value is -3.27. The summed E-state index contributed by atoms with van der Waals surface area (Å²) in [7, 11) is 1.60. The minimum Gasteiger partial charge on any atom is -0.497 e. The number of hydrogen-bond donors (Lipinski definition) is 1. The highest BCUT2D eigenvalue weighted by Gasteiger charge is 2.03. The molecule has 4 heteroatoms. The van der Waals surface area contributed by atoms with E-state index in [0.717, 1.165) is 17.1 Å². The van der Waals surface area contributed by atoms with Gasteiger partial charge in [0.1, 0.15) is 17.3 Å². The van der Waals surface area contributed by atoms with Gasteiger partial charge in [0.05, 0.1) is 7.11 Å². The molecule has 1 amide bonds. The Kier molecular flexibility index (Phi) is 4.77. The number of ether oxygens (including phenoxy) is 1. The third-order valence-electron chi connectivity index (χ3n) is 3.44. The Labute approximate surface area is 140 Å². The molecule has 0 unspecified atom stereocenters. The van der Waals surface area contributed by atoms with E-state index < -0.39 is 0 Å². The molecule has 0 saturated carbocycles. The van der Waals surface area contributed by atoms with Crippen LogP contribution in [0.25, 0.3) is 17.4 Å². The van der Waals surface area contributed by atoms with Gasteiger partial charge >= 0.3 is 0 Å². The van der Waals surface area contributed by atoms with Crippen molar-refractivity contribution in [2.24, 2.45) is 0 Å². The molecule has 1 heterocycles. The number of carbonyl (C=O) groups is 1. The van der Waals surface area contributed by atoms with Gasteiger partial charge in [0.25, 0.3) is 0 Å². The molecule has 0 aliphatic rings. The highest BCUT2D eigenvalue weighted by atomic mass is 16.5. The van der Waals surface area contributed by atoms with Crippen LogP contribution in [-0.4, -0.2) is 13.0 Å². The summed E-state index contributed by atoms with van der Waals surface area (Å²) >= 11 is 0. The van der Waals surface area contributed by atoms with Gasteiger partial charge in [0, 0.05) is 17.3 Å². The summed E-state index contributed by atoms with van der Waals surface area (Å²) in [6, 6.07) is 20.7. The first-order chi connectivity index (χ1) is 11.7. The second-order valence-electron chi connectivity index (χ2n) is 5.12. The molecule has 0 aliphatic carbocycles. The molecule has 0 saturated heterocycles. The van der Waals surface area contributed by atoms with Crippen LogP contribution in [0.2, 0.25) is 0 Å². The second kappa shape index (κ2) is 7.33. The van der Waals surface area contributed by atoms with E-state index in [1.807, 2.05) is 42.5 Å². The van der Waals surface area contributed by atoms with Gasteiger partial charge < -0.3 is 14.5 Å². The summed E-state index contributed by atoms with van der Waals surface area (Å²) in [6.45, 7) is 0. The number of anilines is 1. The lowest BCUT2D eigenvalue weighted by Gasteiger charge is -2.03. The molecule has 2 aromatic carbocycles. The normalized spacial score (nSPS) is 10.7. The molecule has 4 nitrogen and oxygen atoms in total. The van der Waals surface area contributed by atoms with E-state index >= 15 is 0 Å². The summed E-state index contributed by atoms with van der Waals surface area (Å²) in [4.78, 5) is 11.9. The number of methoxy groups -OCH3 is 1. The molecular formula is C20H17NO3. The van der Waals surface area contributed by atoms with Crippen molar-refractivity contribution in [3.63, 3.8) is 0 Å². The Bertz CT molecular complexity index is 833. The molecule has 0 atom stereocenters. The Balaban J connectivity index is 1.63. The van der Waals surface area contributed by atoms with Gasteiger partial charge in [-0.05, 0) is 42.5 Å². The molecule has 0 bridgehead atoms. The first-order valence-corrected chi connectivity index (χ1v) is 7.53. The highest BCUT2D eigenvalue weighted by Crippen LogP contribution is 2.22. The monoisotopic (exact) mass is 319 g/mol. The lowest BCUT2D eigenvalue weighted by atomic mass is 10.2. The molecule has 0 radical (unpaired) electrons. The topological polar surface area (TPSA) is 51.5 Å². The van der Waals surface area contributed by atoms with E-state index in [1.165, 1.54) is 6.08 Å². The SMILES string of the molecule is COc1ccc(NC(=O)C=Cc2ccc(-c3ccccc3)o2)cc1.